The fourth-order valence-corrected chi connectivity index (χ4v) is 2.45. The molecule has 2 bridgehead atoms. The van der Waals surface area contributed by atoms with Crippen LogP contribution in [-0.4, -0.2) is 40.9 Å². The maximum absolute atomic E-state index is 12.2. The van der Waals surface area contributed by atoms with Gasteiger partial charge < -0.3 is 15.2 Å². The lowest BCUT2D eigenvalue weighted by atomic mass is 9.71. The second kappa shape index (κ2) is 3.84. The largest absolute Gasteiger partial charge is 0.479 e. The molecule has 1 aliphatic carbocycles. The van der Waals surface area contributed by atoms with E-state index in [9.17, 15) is 22.8 Å². The van der Waals surface area contributed by atoms with Crippen LogP contribution in [0.5, 0.6) is 0 Å². The molecule has 2 heterocycles. The van der Waals surface area contributed by atoms with Crippen LogP contribution in [0.1, 0.15) is 25.7 Å². The monoisotopic (exact) mass is 267 g/mol. The smallest absolute Gasteiger partial charge is 0.471 e. The Morgan fingerprint density at radius 2 is 1.72 bits per heavy atom. The second-order valence-electron chi connectivity index (χ2n) is 4.82. The summed E-state index contributed by atoms with van der Waals surface area (Å²) in [7, 11) is 0. The number of rotatable bonds is 2. The van der Waals surface area contributed by atoms with Crippen LogP contribution < -0.4 is 5.32 Å². The number of carbonyl (C=O) groups excluding carboxylic acids is 1. The van der Waals surface area contributed by atoms with Gasteiger partial charge in [-0.15, -0.1) is 0 Å². The van der Waals surface area contributed by atoms with Gasteiger partial charge in [0.25, 0.3) is 0 Å². The summed E-state index contributed by atoms with van der Waals surface area (Å²) >= 11 is 0. The van der Waals surface area contributed by atoms with Gasteiger partial charge in [-0.3, -0.25) is 4.79 Å². The molecule has 3 rings (SSSR count). The molecule has 3 aliphatic rings. The number of hydrogen-bond acceptors (Lipinski definition) is 3. The van der Waals surface area contributed by atoms with Crippen LogP contribution in [0.25, 0.3) is 0 Å². The average molecular weight is 267 g/mol. The topological polar surface area (TPSA) is 75.6 Å². The Kier molecular flexibility index (Phi) is 2.80. The Morgan fingerprint density at radius 1 is 1.17 bits per heavy atom. The summed E-state index contributed by atoms with van der Waals surface area (Å²) in [5.74, 6) is -3.10. The molecule has 5 nitrogen and oxygen atoms in total. The van der Waals surface area contributed by atoms with E-state index in [-0.39, 0.29) is 32.3 Å². The fourth-order valence-electron chi connectivity index (χ4n) is 2.45. The summed E-state index contributed by atoms with van der Waals surface area (Å²) in [4.78, 5) is 21.9. The van der Waals surface area contributed by atoms with Crippen molar-refractivity contribution < 1.29 is 32.6 Å². The van der Waals surface area contributed by atoms with Crippen LogP contribution in [0, 0.1) is 0 Å². The normalized spacial score (nSPS) is 35.3. The Labute approximate surface area is 100 Å². The number of halogens is 3. The number of alkyl halides is 3. The third-order valence-corrected chi connectivity index (χ3v) is 3.67. The molecule has 8 heteroatoms. The first-order valence-electron chi connectivity index (χ1n) is 5.46. The van der Waals surface area contributed by atoms with Crippen molar-refractivity contribution in [2.45, 2.75) is 43.0 Å². The highest BCUT2D eigenvalue weighted by atomic mass is 19.4. The minimum atomic E-state index is -4.94. The predicted octanol–water partition coefficient (Wildman–Crippen LogP) is 0.831. The zero-order valence-corrected chi connectivity index (χ0v) is 9.34. The van der Waals surface area contributed by atoms with Gasteiger partial charge in [-0.2, -0.15) is 13.2 Å². The van der Waals surface area contributed by atoms with Crippen molar-refractivity contribution in [2.75, 3.05) is 6.61 Å². The van der Waals surface area contributed by atoms with E-state index in [1.165, 1.54) is 0 Å². The van der Waals surface area contributed by atoms with Crippen LogP contribution in [0.2, 0.25) is 0 Å². The Morgan fingerprint density at radius 3 is 2.06 bits per heavy atom. The standard InChI is InChI=1S/C10H12F3NO4/c11-10(12,13)6(15)14-8-1-3-9(4-2-8,7(16)17)18-5-8/h1-5H2,(H,14,15)(H,16,17). The lowest BCUT2D eigenvalue weighted by Crippen LogP contribution is -2.66. The van der Waals surface area contributed by atoms with Crippen LogP contribution in [0.15, 0.2) is 0 Å². The van der Waals surface area contributed by atoms with E-state index in [0.717, 1.165) is 0 Å². The van der Waals surface area contributed by atoms with Crippen LogP contribution in [0.3, 0.4) is 0 Å². The Balaban J connectivity index is 2.06. The predicted molar refractivity (Wildman–Crippen MR) is 51.7 cm³/mol. The molecule has 0 spiro atoms. The molecule has 0 aromatic carbocycles. The van der Waals surface area contributed by atoms with E-state index in [4.69, 9.17) is 9.84 Å². The SMILES string of the molecule is O=C(NC12CCC(C(=O)O)(CC1)OC2)C(F)(F)F. The Hall–Kier alpha value is -1.31. The maximum Gasteiger partial charge on any atom is 0.471 e. The van der Waals surface area contributed by atoms with Crippen molar-refractivity contribution in [2.24, 2.45) is 0 Å². The molecular weight excluding hydrogens is 255 g/mol. The quantitative estimate of drug-likeness (QED) is 0.777. The molecule has 18 heavy (non-hydrogen) atoms. The summed E-state index contributed by atoms with van der Waals surface area (Å²) < 4.78 is 41.7. The number of fused-ring (bicyclic) bond motifs is 3. The van der Waals surface area contributed by atoms with Crippen molar-refractivity contribution >= 4 is 11.9 Å². The first kappa shape index (κ1) is 13.1. The minimum absolute atomic E-state index is 0.112. The van der Waals surface area contributed by atoms with Gasteiger partial charge in [-0.25, -0.2) is 4.79 Å². The van der Waals surface area contributed by atoms with E-state index < -0.39 is 29.2 Å². The third-order valence-electron chi connectivity index (χ3n) is 3.67. The molecule has 0 aromatic heterocycles. The van der Waals surface area contributed by atoms with Crippen molar-refractivity contribution in [3.05, 3.63) is 0 Å². The first-order valence-corrected chi connectivity index (χ1v) is 5.46. The number of carboxylic acids is 1. The van der Waals surface area contributed by atoms with Crippen molar-refractivity contribution in [1.82, 2.24) is 5.32 Å². The number of hydrogen-bond donors (Lipinski definition) is 2. The molecule has 0 unspecified atom stereocenters. The molecule has 2 saturated heterocycles. The van der Waals surface area contributed by atoms with E-state index in [1.54, 1.807) is 0 Å². The number of amides is 1. The van der Waals surface area contributed by atoms with E-state index in [0.29, 0.717) is 0 Å². The van der Waals surface area contributed by atoms with Crippen LogP contribution >= 0.6 is 0 Å². The summed E-state index contributed by atoms with van der Waals surface area (Å²) in [6.45, 7) is -0.193. The fraction of sp³-hybridized carbons (Fsp3) is 0.800. The van der Waals surface area contributed by atoms with Crippen LogP contribution in [-0.2, 0) is 14.3 Å². The molecule has 0 aromatic rings. The van der Waals surface area contributed by atoms with E-state index in [1.807, 2.05) is 5.32 Å². The van der Waals surface area contributed by atoms with Gasteiger partial charge in [0.2, 0.25) is 0 Å². The number of carboxylic acid groups (broad SMARTS) is 1. The van der Waals surface area contributed by atoms with Gasteiger partial charge in [0.15, 0.2) is 5.60 Å². The average Bonchev–Trinajstić information content (AvgIpc) is 2.29. The number of aliphatic carboxylic acids is 1. The van der Waals surface area contributed by atoms with E-state index in [2.05, 4.69) is 0 Å². The first-order chi connectivity index (χ1) is 8.19. The number of ether oxygens (including phenoxy) is 1. The second-order valence-corrected chi connectivity index (χ2v) is 4.82. The van der Waals surface area contributed by atoms with Gasteiger partial charge in [-0.1, -0.05) is 0 Å². The summed E-state index contributed by atoms with van der Waals surface area (Å²) in [6, 6.07) is 0. The summed E-state index contributed by atoms with van der Waals surface area (Å²) in [6.07, 6.45) is -4.35. The van der Waals surface area contributed by atoms with Crippen LogP contribution in [0.4, 0.5) is 13.2 Å². The van der Waals surface area contributed by atoms with Crippen molar-refractivity contribution in [3.8, 4) is 0 Å². The number of nitrogens with one attached hydrogen (secondary N) is 1. The molecular formula is C10H12F3NO4. The minimum Gasteiger partial charge on any atom is -0.479 e. The third kappa shape index (κ3) is 2.05. The molecule has 1 amide bonds. The highest BCUT2D eigenvalue weighted by Gasteiger charge is 2.56. The van der Waals surface area contributed by atoms with E-state index >= 15 is 0 Å². The molecule has 102 valence electrons. The maximum atomic E-state index is 12.2. The lowest BCUT2D eigenvalue weighted by Gasteiger charge is -2.51. The Bertz CT molecular complexity index is 369. The molecule has 1 saturated carbocycles. The van der Waals surface area contributed by atoms with Gasteiger partial charge >= 0.3 is 18.1 Å². The molecule has 3 fully saturated rings. The van der Waals surface area contributed by atoms with Crippen molar-refractivity contribution in [1.29, 1.82) is 0 Å². The molecule has 0 atom stereocenters. The highest BCUT2D eigenvalue weighted by Crippen LogP contribution is 2.44. The lowest BCUT2D eigenvalue weighted by molar-refractivity contribution is -0.203. The highest BCUT2D eigenvalue weighted by molar-refractivity contribution is 5.83. The number of carbonyl (C=O) groups is 2. The van der Waals surface area contributed by atoms with Gasteiger partial charge in [0.1, 0.15) is 0 Å². The van der Waals surface area contributed by atoms with Gasteiger partial charge in [-0.05, 0) is 25.7 Å². The molecule has 2 aliphatic heterocycles. The summed E-state index contributed by atoms with van der Waals surface area (Å²) in [5.41, 5.74) is -2.37. The zero-order chi connectivity index (χ0) is 13.6. The van der Waals surface area contributed by atoms with Crippen molar-refractivity contribution in [3.63, 3.8) is 0 Å². The molecule has 2 N–H and O–H groups in total. The van der Waals surface area contributed by atoms with Gasteiger partial charge in [0.05, 0.1) is 12.1 Å². The zero-order valence-electron chi connectivity index (χ0n) is 9.34. The van der Waals surface area contributed by atoms with Gasteiger partial charge in [0, 0.05) is 0 Å². The summed E-state index contributed by atoms with van der Waals surface area (Å²) in [5, 5.41) is 11.0. The molecule has 0 radical (unpaired) electrons.